The lowest BCUT2D eigenvalue weighted by molar-refractivity contribution is -0.145. The normalized spacial score (nSPS) is 13.6. The van der Waals surface area contributed by atoms with Crippen molar-refractivity contribution in [2.24, 2.45) is 23.3 Å². The number of carboxylic acid groups (broad SMARTS) is 5. The number of carbonyl (C=O) groups excluding carboxylic acids is 7. The van der Waals surface area contributed by atoms with Gasteiger partial charge in [0, 0.05) is 37.2 Å². The molecule has 328 valence electrons. The Hall–Kier alpha value is -5.14. The monoisotopic (exact) mass is 870 g/mol. The number of thioether (sulfide) groups is 2. The van der Waals surface area contributed by atoms with E-state index < -0.39 is 120 Å². The summed E-state index contributed by atoms with van der Waals surface area (Å²) in [6.07, 6.45) is -1.95. The molecule has 23 nitrogen and oxygen atoms in total. The Kier molecular flexibility index (Phi) is 28.4. The van der Waals surface area contributed by atoms with Crippen LogP contribution in [0.5, 0.6) is 0 Å². The standard InChI is InChI=1S/C17H26N2O9S.C16H24N2O10S/c1-9(20)12(18)4-3-11(21)5-10(16(25)19-7-14(22)23)8-29-13(17(26)27)6-15(24)28-2;1-28-16(27)11(5-12(20)21)29-7-8(14(24)18-6-13(22)23)4-9(19)2-3-10(17)15(25)26/h10,12-13H,3-8,18H2,1-2H3,(H,19,25)(H,22,23)(H,26,27);8,10-11H,2-7,17H2,1H3,(H,18,24)(H,20,21)(H,22,23)(H,25,26)/t10-,12-,13?;8-,10-,11?/m00/s1. The van der Waals surface area contributed by atoms with Crippen LogP contribution in [0.3, 0.4) is 0 Å². The van der Waals surface area contributed by atoms with Crippen molar-refractivity contribution in [3.05, 3.63) is 0 Å². The second-order valence-electron chi connectivity index (χ2n) is 12.2. The van der Waals surface area contributed by atoms with E-state index in [9.17, 15) is 62.6 Å². The van der Waals surface area contributed by atoms with Crippen LogP contribution in [0, 0.1) is 11.8 Å². The predicted molar refractivity (Wildman–Crippen MR) is 201 cm³/mol. The molecule has 0 aromatic carbocycles. The molecule has 11 N–H and O–H groups in total. The number of ketones is 3. The number of carbonyl (C=O) groups is 12. The lowest BCUT2D eigenvalue weighted by Crippen LogP contribution is -2.37. The third-order valence-corrected chi connectivity index (χ3v) is 10.2. The third-order valence-electron chi connectivity index (χ3n) is 7.50. The van der Waals surface area contributed by atoms with Crippen molar-refractivity contribution in [2.75, 3.05) is 38.8 Å². The summed E-state index contributed by atoms with van der Waals surface area (Å²) in [6.45, 7) is -0.0527. The van der Waals surface area contributed by atoms with E-state index in [4.69, 9.17) is 31.9 Å². The van der Waals surface area contributed by atoms with Crippen molar-refractivity contribution in [1.29, 1.82) is 0 Å². The fourth-order valence-electron chi connectivity index (χ4n) is 4.20. The Morgan fingerprint density at radius 2 is 1.00 bits per heavy atom. The summed E-state index contributed by atoms with van der Waals surface area (Å²) >= 11 is 1.57. The van der Waals surface area contributed by atoms with Crippen LogP contribution in [0.15, 0.2) is 0 Å². The smallest absolute Gasteiger partial charge is 0.322 e. The number of hydrogen-bond acceptors (Lipinski definition) is 18. The molecule has 0 rings (SSSR count). The molecule has 0 aliphatic rings. The second kappa shape index (κ2) is 30.0. The van der Waals surface area contributed by atoms with Gasteiger partial charge in [0.2, 0.25) is 11.8 Å². The fraction of sp³-hybridized carbons (Fsp3) is 0.636. The third kappa shape index (κ3) is 26.7. The highest BCUT2D eigenvalue weighted by molar-refractivity contribution is 8.00. The Morgan fingerprint density at radius 3 is 1.34 bits per heavy atom. The van der Waals surface area contributed by atoms with Crippen molar-refractivity contribution in [3.8, 4) is 0 Å². The predicted octanol–water partition coefficient (Wildman–Crippen LogP) is -2.09. The fourth-order valence-corrected chi connectivity index (χ4v) is 6.56. The van der Waals surface area contributed by atoms with E-state index in [-0.39, 0.29) is 61.6 Å². The first-order chi connectivity index (χ1) is 26.9. The summed E-state index contributed by atoms with van der Waals surface area (Å²) in [5, 5.41) is 46.1. The van der Waals surface area contributed by atoms with Crippen molar-refractivity contribution in [1.82, 2.24) is 10.6 Å². The van der Waals surface area contributed by atoms with Gasteiger partial charge in [-0.25, -0.2) is 0 Å². The van der Waals surface area contributed by atoms with Gasteiger partial charge in [0.1, 0.15) is 47.0 Å². The molecule has 0 heterocycles. The van der Waals surface area contributed by atoms with Crippen LogP contribution in [0.1, 0.15) is 58.3 Å². The highest BCUT2D eigenvalue weighted by atomic mass is 32.2. The van der Waals surface area contributed by atoms with Gasteiger partial charge in [-0.1, -0.05) is 0 Å². The van der Waals surface area contributed by atoms with E-state index >= 15 is 0 Å². The van der Waals surface area contributed by atoms with E-state index in [2.05, 4.69) is 20.1 Å². The highest BCUT2D eigenvalue weighted by Gasteiger charge is 2.30. The van der Waals surface area contributed by atoms with Crippen LogP contribution in [0.4, 0.5) is 0 Å². The van der Waals surface area contributed by atoms with Gasteiger partial charge >= 0.3 is 41.8 Å². The van der Waals surface area contributed by atoms with Crippen LogP contribution in [-0.2, 0) is 67.0 Å². The van der Waals surface area contributed by atoms with Gasteiger partial charge in [-0.15, -0.1) is 23.5 Å². The number of hydrogen-bond donors (Lipinski definition) is 9. The van der Waals surface area contributed by atoms with Crippen LogP contribution < -0.4 is 22.1 Å². The Labute approximate surface area is 340 Å². The maximum Gasteiger partial charge on any atom is 0.322 e. The molecule has 2 unspecified atom stereocenters. The molecule has 0 aromatic heterocycles. The topological polar surface area (TPSA) is 401 Å². The van der Waals surface area contributed by atoms with Crippen molar-refractivity contribution in [3.63, 3.8) is 0 Å². The quantitative estimate of drug-likeness (QED) is 0.0349. The summed E-state index contributed by atoms with van der Waals surface area (Å²) in [7, 11) is 2.18. The van der Waals surface area contributed by atoms with Crippen LogP contribution in [0.2, 0.25) is 0 Å². The van der Waals surface area contributed by atoms with Crippen LogP contribution >= 0.6 is 23.5 Å². The SMILES string of the molecule is COC(=O)C(CC(=O)O)SC[C@H](CC(=O)CC[C@H](N)C(=O)O)C(=O)NCC(=O)O.COC(=O)CC(SC[C@H](CC(=O)CC[C@H](N)C(C)=O)C(=O)NCC(=O)O)C(=O)O. The van der Waals surface area contributed by atoms with E-state index in [0.29, 0.717) is 0 Å². The summed E-state index contributed by atoms with van der Waals surface area (Å²) < 4.78 is 8.95. The molecule has 0 aliphatic carbocycles. The number of nitrogens with one attached hydrogen (secondary N) is 2. The van der Waals surface area contributed by atoms with E-state index in [1.807, 2.05) is 0 Å². The lowest BCUT2D eigenvalue weighted by Gasteiger charge is -2.18. The number of esters is 2. The molecule has 2 amide bonds. The average molecular weight is 871 g/mol. The summed E-state index contributed by atoms with van der Waals surface area (Å²) in [4.78, 5) is 137. The maximum absolute atomic E-state index is 12.2. The average Bonchev–Trinajstić information content (AvgIpc) is 3.15. The molecule has 0 fully saturated rings. The summed E-state index contributed by atoms with van der Waals surface area (Å²) in [6, 6.07) is -2.05. The van der Waals surface area contributed by atoms with Gasteiger partial charge < -0.3 is 57.1 Å². The largest absolute Gasteiger partial charge is 0.481 e. The number of methoxy groups -OCH3 is 2. The molecule has 0 aliphatic heterocycles. The molecule has 0 aromatic rings. The maximum atomic E-state index is 12.2. The summed E-state index contributed by atoms with van der Waals surface area (Å²) in [5.74, 6) is -13.0. The van der Waals surface area contributed by atoms with Crippen LogP contribution in [0.25, 0.3) is 0 Å². The molecule has 0 saturated carbocycles. The van der Waals surface area contributed by atoms with Crippen LogP contribution in [-0.4, -0.2) is 158 Å². The molecule has 0 saturated heterocycles. The number of aliphatic carboxylic acids is 5. The molecular weight excluding hydrogens is 821 g/mol. The molecule has 6 atom stereocenters. The Morgan fingerprint density at radius 1 is 0.569 bits per heavy atom. The van der Waals surface area contributed by atoms with Crippen molar-refractivity contribution < 1.29 is 92.5 Å². The van der Waals surface area contributed by atoms with Gasteiger partial charge in [0.15, 0.2) is 0 Å². The molecule has 0 bridgehead atoms. The summed E-state index contributed by atoms with van der Waals surface area (Å²) in [5.41, 5.74) is 10.9. The molecule has 58 heavy (non-hydrogen) atoms. The Bertz CT molecular complexity index is 1490. The zero-order valence-corrected chi connectivity index (χ0v) is 33.5. The number of Topliss-reactive ketones (excluding diaryl/α,β-unsaturated/α-hetero) is 3. The minimum Gasteiger partial charge on any atom is -0.481 e. The first kappa shape index (κ1) is 55.0. The minimum absolute atomic E-state index is 0.0569. The number of rotatable bonds is 30. The highest BCUT2D eigenvalue weighted by Crippen LogP contribution is 2.24. The minimum atomic E-state index is -1.30. The lowest BCUT2D eigenvalue weighted by atomic mass is 9.98. The number of carboxylic acids is 5. The van der Waals surface area contributed by atoms with E-state index in [1.165, 1.54) is 6.92 Å². The zero-order valence-electron chi connectivity index (χ0n) is 31.9. The van der Waals surface area contributed by atoms with Gasteiger partial charge in [0.25, 0.3) is 0 Å². The van der Waals surface area contributed by atoms with Gasteiger partial charge in [0.05, 0.1) is 44.9 Å². The zero-order chi connectivity index (χ0) is 45.1. The van der Waals surface area contributed by atoms with Crippen molar-refractivity contribution >= 4 is 94.5 Å². The van der Waals surface area contributed by atoms with Crippen molar-refractivity contribution in [2.45, 2.75) is 80.9 Å². The molecule has 25 heteroatoms. The Balaban J connectivity index is 0. The molecule has 0 spiro atoms. The second-order valence-corrected chi connectivity index (χ2v) is 14.7. The van der Waals surface area contributed by atoms with Gasteiger partial charge in [-0.05, 0) is 19.8 Å². The number of ether oxygens (including phenoxy) is 2. The van der Waals surface area contributed by atoms with E-state index in [1.54, 1.807) is 0 Å². The van der Waals surface area contributed by atoms with E-state index in [0.717, 1.165) is 37.7 Å². The molecule has 0 radical (unpaired) electrons. The number of amides is 2. The number of nitrogens with two attached hydrogens (primary N) is 2. The first-order valence-corrected chi connectivity index (χ1v) is 19.1. The van der Waals surface area contributed by atoms with Gasteiger partial charge in [-0.3, -0.25) is 57.5 Å². The molecular formula is C33H50N4O19S2. The first-order valence-electron chi connectivity index (χ1n) is 17.0. The van der Waals surface area contributed by atoms with Gasteiger partial charge in [-0.2, -0.15) is 0 Å².